The fraction of sp³-hybridized carbons (Fsp3) is 0. The van der Waals surface area contributed by atoms with Crippen LogP contribution in [0.25, 0.3) is 90.3 Å². The van der Waals surface area contributed by atoms with E-state index in [-0.39, 0.29) is 0 Å². The number of fused-ring (bicyclic) bond motifs is 15. The zero-order chi connectivity index (χ0) is 33.2. The summed E-state index contributed by atoms with van der Waals surface area (Å²) in [5.74, 6) is 0.701. The Morgan fingerprint density at radius 3 is 1.90 bits per heavy atom. The fourth-order valence-corrected chi connectivity index (χ4v) is 12.7. The molecule has 0 saturated heterocycles. The number of hydrogen-bond acceptors (Lipinski definition) is 6. The van der Waals surface area contributed by atoms with E-state index in [9.17, 15) is 0 Å². The maximum atomic E-state index is 5.67. The van der Waals surface area contributed by atoms with Crippen molar-refractivity contribution in [3.63, 3.8) is 0 Å². The minimum Gasteiger partial charge on any atom is -0.277 e. The van der Waals surface area contributed by atoms with Crippen LogP contribution in [0.3, 0.4) is 0 Å². The van der Waals surface area contributed by atoms with Gasteiger partial charge in [0.25, 0.3) is 0 Å². The number of rotatable bonds is 2. The van der Waals surface area contributed by atoms with Crippen molar-refractivity contribution in [1.29, 1.82) is 0 Å². The molecule has 7 aromatic carbocycles. The van der Waals surface area contributed by atoms with Gasteiger partial charge in [-0.3, -0.25) is 4.57 Å². The van der Waals surface area contributed by atoms with Crippen molar-refractivity contribution >= 4 is 119 Å². The van der Waals surface area contributed by atoms with Crippen LogP contribution in [-0.2, 0) is 0 Å². The first kappa shape index (κ1) is 28.5. The zero-order valence-electron chi connectivity index (χ0n) is 26.8. The molecule has 12 rings (SSSR count). The molecule has 3 nitrogen and oxygen atoms in total. The third-order valence-corrected chi connectivity index (χ3v) is 15.0. The number of nitrogens with zero attached hydrogens (tertiary/aromatic N) is 3. The quantitative estimate of drug-likeness (QED) is 0.178. The van der Waals surface area contributed by atoms with Gasteiger partial charge in [0.1, 0.15) is 4.83 Å². The Morgan fingerprint density at radius 2 is 1.08 bits per heavy atom. The number of thiophene rings is 2. The maximum absolute atomic E-state index is 5.67. The van der Waals surface area contributed by atoms with Crippen LogP contribution >= 0.6 is 46.2 Å². The van der Waals surface area contributed by atoms with Crippen molar-refractivity contribution in [2.24, 2.45) is 0 Å². The summed E-state index contributed by atoms with van der Waals surface area (Å²) < 4.78 is 6.18. The largest absolute Gasteiger partial charge is 0.277 e. The van der Waals surface area contributed by atoms with Gasteiger partial charge < -0.3 is 0 Å². The van der Waals surface area contributed by atoms with Crippen LogP contribution < -0.4 is 0 Å². The van der Waals surface area contributed by atoms with Crippen LogP contribution in [0.4, 0.5) is 0 Å². The molecule has 0 saturated carbocycles. The van der Waals surface area contributed by atoms with Crippen LogP contribution in [0, 0.1) is 0 Å². The van der Waals surface area contributed by atoms with E-state index >= 15 is 0 Å². The third kappa shape index (κ3) is 3.97. The van der Waals surface area contributed by atoms with E-state index in [2.05, 4.69) is 144 Å². The molecule has 0 unspecified atom stereocenters. The molecule has 5 heterocycles. The highest BCUT2D eigenvalue weighted by Gasteiger charge is 2.27. The second kappa shape index (κ2) is 10.7. The van der Waals surface area contributed by atoms with Gasteiger partial charge in [0.05, 0.1) is 16.7 Å². The second-order valence-corrected chi connectivity index (χ2v) is 17.1. The molecule has 0 aliphatic carbocycles. The lowest BCUT2D eigenvalue weighted by Crippen LogP contribution is -2.04. The predicted octanol–water partition coefficient (Wildman–Crippen LogP) is 13.7. The summed E-state index contributed by atoms with van der Waals surface area (Å²) in [6.07, 6.45) is 0. The highest BCUT2D eigenvalue weighted by atomic mass is 32.2. The standard InChI is InChI=1S/C44H23N3S4/c1-2-13-25-24(12-1)36-27-15-4-7-19-31(27)49-42(36)38-26-14-3-6-18-30(26)47(40(25)38)44-45-39(37-28-16-5-8-20-32(28)51-43(37)46-44)29-17-11-23-35-41(29)50-34-22-10-9-21-33(34)48-35/h1-23H. The average Bonchev–Trinajstić information content (AvgIpc) is 3.86. The molecule has 0 bridgehead atoms. The Balaban J connectivity index is 1.24. The van der Waals surface area contributed by atoms with Crippen molar-refractivity contribution in [3.05, 3.63) is 140 Å². The smallest absolute Gasteiger partial charge is 0.236 e. The topological polar surface area (TPSA) is 30.7 Å². The monoisotopic (exact) mass is 721 g/mol. The van der Waals surface area contributed by atoms with E-state index in [0.717, 1.165) is 32.5 Å². The highest BCUT2D eigenvalue weighted by Crippen LogP contribution is 2.53. The fourth-order valence-electron chi connectivity index (χ4n) is 7.97. The predicted molar refractivity (Wildman–Crippen MR) is 220 cm³/mol. The summed E-state index contributed by atoms with van der Waals surface area (Å²) in [6, 6.07) is 50.6. The van der Waals surface area contributed by atoms with Gasteiger partial charge in [-0.15, -0.1) is 22.7 Å². The van der Waals surface area contributed by atoms with E-state index in [0.29, 0.717) is 5.95 Å². The lowest BCUT2D eigenvalue weighted by atomic mass is 10.00. The number of benzene rings is 7. The first-order valence-electron chi connectivity index (χ1n) is 16.8. The SMILES string of the molecule is c1ccc2c(c1)Sc1cccc(-c3nc(-n4c5ccccc5c5c6sc7ccccc7c6c6ccccc6c54)nc4sc5ccccc5c34)c1S2. The molecule has 0 amide bonds. The van der Waals surface area contributed by atoms with E-state index < -0.39 is 0 Å². The lowest BCUT2D eigenvalue weighted by Gasteiger charge is -2.21. The summed E-state index contributed by atoms with van der Waals surface area (Å²) in [7, 11) is 0. The summed E-state index contributed by atoms with van der Waals surface area (Å²) in [5, 5.41) is 9.91. The molecule has 0 N–H and O–H groups in total. The van der Waals surface area contributed by atoms with Crippen molar-refractivity contribution in [1.82, 2.24) is 14.5 Å². The van der Waals surface area contributed by atoms with Gasteiger partial charge in [-0.1, -0.05) is 127 Å². The van der Waals surface area contributed by atoms with Gasteiger partial charge in [0.2, 0.25) is 5.95 Å². The maximum Gasteiger partial charge on any atom is 0.236 e. The Bertz CT molecular complexity index is 3280. The van der Waals surface area contributed by atoms with Gasteiger partial charge in [-0.2, -0.15) is 0 Å². The van der Waals surface area contributed by atoms with Gasteiger partial charge in [0.15, 0.2) is 0 Å². The first-order chi connectivity index (χ1) is 25.3. The van der Waals surface area contributed by atoms with E-state index in [1.54, 1.807) is 11.3 Å². The average molecular weight is 722 g/mol. The van der Waals surface area contributed by atoms with Crippen LogP contribution in [0.15, 0.2) is 159 Å². The van der Waals surface area contributed by atoms with Crippen LogP contribution in [-0.4, -0.2) is 14.5 Å². The first-order valence-corrected chi connectivity index (χ1v) is 20.1. The Morgan fingerprint density at radius 1 is 0.451 bits per heavy atom. The molecule has 51 heavy (non-hydrogen) atoms. The molecule has 7 heteroatoms. The minimum absolute atomic E-state index is 0.701. The molecule has 238 valence electrons. The van der Waals surface area contributed by atoms with Crippen molar-refractivity contribution in [3.8, 4) is 17.2 Å². The molecule has 0 fully saturated rings. The van der Waals surface area contributed by atoms with E-state index in [4.69, 9.17) is 9.97 Å². The Labute approximate surface area is 308 Å². The summed E-state index contributed by atoms with van der Waals surface area (Å²) in [4.78, 5) is 17.2. The van der Waals surface area contributed by atoms with Crippen LogP contribution in [0.5, 0.6) is 0 Å². The van der Waals surface area contributed by atoms with E-state index in [1.807, 2.05) is 34.9 Å². The Hall–Kier alpha value is -5.18. The molecule has 4 aromatic heterocycles. The lowest BCUT2D eigenvalue weighted by molar-refractivity contribution is 1.02. The van der Waals surface area contributed by atoms with E-state index in [1.165, 1.54) is 71.4 Å². The highest BCUT2D eigenvalue weighted by molar-refractivity contribution is 8.05. The molecule has 0 atom stereocenters. The molecule has 11 aromatic rings. The molecule has 1 aliphatic rings. The number of para-hydroxylation sites is 1. The molecule has 0 spiro atoms. The number of hydrogen-bond donors (Lipinski definition) is 0. The Kier molecular flexibility index (Phi) is 5.96. The molecule has 1 aliphatic heterocycles. The van der Waals surface area contributed by atoms with Gasteiger partial charge in [-0.05, 0) is 41.8 Å². The van der Waals surface area contributed by atoms with Crippen molar-refractivity contribution in [2.75, 3.05) is 0 Å². The van der Waals surface area contributed by atoms with Crippen molar-refractivity contribution in [2.45, 2.75) is 19.6 Å². The summed E-state index contributed by atoms with van der Waals surface area (Å²) in [6.45, 7) is 0. The van der Waals surface area contributed by atoms with Crippen LogP contribution in [0.2, 0.25) is 0 Å². The summed E-state index contributed by atoms with van der Waals surface area (Å²) >= 11 is 7.34. The summed E-state index contributed by atoms with van der Waals surface area (Å²) in [5.41, 5.74) is 4.40. The molecular weight excluding hydrogens is 699 g/mol. The zero-order valence-corrected chi connectivity index (χ0v) is 30.0. The van der Waals surface area contributed by atoms with Crippen LogP contribution in [0.1, 0.15) is 0 Å². The molecular formula is C44H23N3S4. The minimum atomic E-state index is 0.701. The van der Waals surface area contributed by atoms with Gasteiger partial charge >= 0.3 is 0 Å². The second-order valence-electron chi connectivity index (χ2n) is 12.9. The number of aromatic nitrogens is 3. The normalized spacial score (nSPS) is 12.9. The van der Waals surface area contributed by atoms with Gasteiger partial charge in [0, 0.05) is 76.9 Å². The van der Waals surface area contributed by atoms with Crippen molar-refractivity contribution < 1.29 is 0 Å². The molecule has 0 radical (unpaired) electrons. The van der Waals surface area contributed by atoms with Gasteiger partial charge in [-0.25, -0.2) is 9.97 Å². The third-order valence-electron chi connectivity index (χ3n) is 10.1.